The highest BCUT2D eigenvalue weighted by atomic mass is 16.4. The fourth-order valence-electron chi connectivity index (χ4n) is 3.38. The second-order valence-corrected chi connectivity index (χ2v) is 8.70. The van der Waals surface area contributed by atoms with Crippen molar-refractivity contribution in [1.82, 2.24) is 25.9 Å². The van der Waals surface area contributed by atoms with Gasteiger partial charge in [-0.25, -0.2) is 9.78 Å². The Bertz CT molecular complexity index is 955. The van der Waals surface area contributed by atoms with Crippen LogP contribution in [0.1, 0.15) is 50.6 Å². The molecule has 13 N–H and O–H groups in total. The molecule has 0 radical (unpaired) electrons. The fourth-order valence-corrected chi connectivity index (χ4v) is 3.38. The topological polar surface area (TPSA) is 292 Å². The van der Waals surface area contributed by atoms with Crippen molar-refractivity contribution >= 4 is 35.5 Å². The molecule has 0 aliphatic carbocycles. The van der Waals surface area contributed by atoms with Gasteiger partial charge < -0.3 is 49.0 Å². The van der Waals surface area contributed by atoms with Crippen molar-refractivity contribution in [2.75, 3.05) is 6.54 Å². The van der Waals surface area contributed by atoms with Crippen LogP contribution in [0.3, 0.4) is 0 Å². The van der Waals surface area contributed by atoms with Crippen LogP contribution < -0.4 is 38.9 Å². The molecule has 0 aliphatic heterocycles. The van der Waals surface area contributed by atoms with Crippen LogP contribution >= 0.6 is 0 Å². The summed E-state index contributed by atoms with van der Waals surface area (Å²) >= 11 is 0. The van der Waals surface area contributed by atoms with E-state index in [1.54, 1.807) is 0 Å². The van der Waals surface area contributed by atoms with Crippen molar-refractivity contribution in [2.45, 2.75) is 75.5 Å². The van der Waals surface area contributed by atoms with E-state index in [4.69, 9.17) is 22.9 Å². The van der Waals surface area contributed by atoms with E-state index >= 15 is 0 Å². The lowest BCUT2D eigenvalue weighted by atomic mass is 10.0. The molecule has 0 bridgehead atoms. The number of H-pyrrole nitrogens is 1. The molecule has 16 nitrogen and oxygen atoms in total. The Morgan fingerprint density at radius 1 is 0.842 bits per heavy atom. The van der Waals surface area contributed by atoms with Gasteiger partial charge in [0, 0.05) is 31.2 Å². The lowest BCUT2D eigenvalue weighted by Gasteiger charge is -2.25. The van der Waals surface area contributed by atoms with Crippen LogP contribution in [0.5, 0.6) is 0 Å². The first kappa shape index (κ1) is 32.0. The van der Waals surface area contributed by atoms with Crippen molar-refractivity contribution in [2.24, 2.45) is 22.9 Å². The van der Waals surface area contributed by atoms with E-state index in [1.165, 1.54) is 12.5 Å². The van der Waals surface area contributed by atoms with Gasteiger partial charge in [-0.3, -0.25) is 24.0 Å². The van der Waals surface area contributed by atoms with E-state index in [-0.39, 0.29) is 38.5 Å². The minimum Gasteiger partial charge on any atom is -0.480 e. The van der Waals surface area contributed by atoms with Gasteiger partial charge in [0.05, 0.1) is 12.4 Å². The van der Waals surface area contributed by atoms with E-state index in [0.29, 0.717) is 25.1 Å². The lowest BCUT2D eigenvalue weighted by molar-refractivity contribution is -0.142. The number of hydrogen-bond donors (Lipinski definition) is 9. The van der Waals surface area contributed by atoms with Gasteiger partial charge in [-0.1, -0.05) is 0 Å². The molecule has 4 atom stereocenters. The molecule has 16 heteroatoms. The van der Waals surface area contributed by atoms with Crippen molar-refractivity contribution in [1.29, 1.82) is 0 Å². The number of primary amides is 2. The summed E-state index contributed by atoms with van der Waals surface area (Å²) in [5, 5.41) is 16.8. The maximum Gasteiger partial charge on any atom is 0.326 e. The molecule has 0 fully saturated rings. The zero-order valence-electron chi connectivity index (χ0n) is 21.0. The van der Waals surface area contributed by atoms with Gasteiger partial charge in [-0.2, -0.15) is 0 Å². The quantitative estimate of drug-likeness (QED) is 0.0780. The number of carboxylic acid groups (broad SMARTS) is 1. The van der Waals surface area contributed by atoms with Crippen molar-refractivity contribution in [3.63, 3.8) is 0 Å². The second-order valence-electron chi connectivity index (χ2n) is 8.70. The SMILES string of the molecule is NCCCCC(NC(=O)C(Cc1cnc[nH]1)NC(=O)C(CCC(N)=O)NC(=O)C(N)CCC(N)=O)C(=O)O. The molecule has 38 heavy (non-hydrogen) atoms. The summed E-state index contributed by atoms with van der Waals surface area (Å²) in [6, 6.07) is -4.97. The van der Waals surface area contributed by atoms with E-state index < -0.39 is 59.7 Å². The van der Waals surface area contributed by atoms with Gasteiger partial charge in [0.25, 0.3) is 0 Å². The lowest BCUT2D eigenvalue weighted by Crippen LogP contribution is -2.57. The normalized spacial score (nSPS) is 13.9. The van der Waals surface area contributed by atoms with Crippen molar-refractivity contribution in [3.05, 3.63) is 18.2 Å². The average Bonchev–Trinajstić information content (AvgIpc) is 3.36. The number of carboxylic acids is 1. The molecule has 1 heterocycles. The number of carbonyl (C=O) groups excluding carboxylic acids is 5. The first-order valence-corrected chi connectivity index (χ1v) is 12.1. The highest BCUT2D eigenvalue weighted by Crippen LogP contribution is 2.06. The van der Waals surface area contributed by atoms with E-state index in [1.807, 2.05) is 0 Å². The fraction of sp³-hybridized carbons (Fsp3) is 0.591. The summed E-state index contributed by atoms with van der Waals surface area (Å²) in [7, 11) is 0. The van der Waals surface area contributed by atoms with Gasteiger partial charge in [0.2, 0.25) is 29.5 Å². The number of nitrogens with one attached hydrogen (secondary N) is 4. The molecule has 5 amide bonds. The third-order valence-electron chi connectivity index (χ3n) is 5.52. The number of rotatable bonds is 19. The molecule has 1 aromatic rings. The summed E-state index contributed by atoms with van der Waals surface area (Å²) in [5.74, 6) is -5.05. The minimum atomic E-state index is -1.31. The number of aliphatic carboxylic acids is 1. The molecule has 212 valence electrons. The average molecular weight is 540 g/mol. The number of amides is 5. The third kappa shape index (κ3) is 12.3. The molecule has 0 saturated heterocycles. The van der Waals surface area contributed by atoms with Gasteiger partial charge in [0.1, 0.15) is 18.1 Å². The van der Waals surface area contributed by atoms with Crippen LogP contribution in [-0.4, -0.2) is 81.3 Å². The summed E-state index contributed by atoms with van der Waals surface area (Å²) < 4.78 is 0. The number of hydrogen-bond acceptors (Lipinski definition) is 9. The molecular weight excluding hydrogens is 502 g/mol. The zero-order valence-corrected chi connectivity index (χ0v) is 21.0. The van der Waals surface area contributed by atoms with Crippen LogP contribution in [0, 0.1) is 0 Å². The number of unbranched alkanes of at least 4 members (excludes halogenated alkanes) is 1. The number of nitrogens with zero attached hydrogens (tertiary/aromatic N) is 1. The molecule has 0 aliphatic rings. The number of carbonyl (C=O) groups is 6. The Hall–Kier alpha value is -4.05. The Labute approximate surface area is 219 Å². The largest absolute Gasteiger partial charge is 0.480 e. The monoisotopic (exact) mass is 539 g/mol. The Balaban J connectivity index is 3.05. The summed E-state index contributed by atoms with van der Waals surface area (Å²) in [6.07, 6.45) is 3.16. The number of nitrogens with two attached hydrogens (primary N) is 4. The highest BCUT2D eigenvalue weighted by Gasteiger charge is 2.31. The van der Waals surface area contributed by atoms with Gasteiger partial charge in [-0.05, 0) is 38.6 Å². The molecule has 1 rings (SSSR count). The summed E-state index contributed by atoms with van der Waals surface area (Å²) in [6.45, 7) is 0.364. The second kappa shape index (κ2) is 16.6. The molecule has 0 saturated carbocycles. The number of aromatic amines is 1. The van der Waals surface area contributed by atoms with Crippen LogP contribution in [-0.2, 0) is 35.2 Å². The van der Waals surface area contributed by atoms with Crippen molar-refractivity contribution < 1.29 is 33.9 Å². The summed E-state index contributed by atoms with van der Waals surface area (Å²) in [5.41, 5.74) is 21.9. The third-order valence-corrected chi connectivity index (χ3v) is 5.52. The Morgan fingerprint density at radius 2 is 1.42 bits per heavy atom. The number of aromatic nitrogens is 2. The van der Waals surface area contributed by atoms with E-state index in [0.717, 1.165) is 0 Å². The van der Waals surface area contributed by atoms with E-state index in [9.17, 15) is 33.9 Å². The predicted molar refractivity (Wildman–Crippen MR) is 133 cm³/mol. The molecular formula is C22H37N9O7. The first-order valence-electron chi connectivity index (χ1n) is 12.1. The minimum absolute atomic E-state index is 0.0725. The maximum absolute atomic E-state index is 13.1. The maximum atomic E-state index is 13.1. The van der Waals surface area contributed by atoms with Crippen LogP contribution in [0.15, 0.2) is 12.5 Å². The molecule has 0 spiro atoms. The van der Waals surface area contributed by atoms with Gasteiger partial charge in [0.15, 0.2) is 0 Å². The summed E-state index contributed by atoms with van der Waals surface area (Å²) in [4.78, 5) is 79.3. The predicted octanol–water partition coefficient (Wildman–Crippen LogP) is -3.52. The Kier molecular flexibility index (Phi) is 14.0. The van der Waals surface area contributed by atoms with Crippen molar-refractivity contribution in [3.8, 4) is 0 Å². The smallest absolute Gasteiger partial charge is 0.326 e. The Morgan fingerprint density at radius 3 is 1.97 bits per heavy atom. The first-order chi connectivity index (χ1) is 17.9. The van der Waals surface area contributed by atoms with Crippen LogP contribution in [0.25, 0.3) is 0 Å². The highest BCUT2D eigenvalue weighted by molar-refractivity contribution is 5.94. The molecule has 4 unspecified atom stereocenters. The molecule has 0 aromatic carbocycles. The van der Waals surface area contributed by atoms with Gasteiger partial charge >= 0.3 is 5.97 Å². The molecule has 1 aromatic heterocycles. The number of imidazole rings is 1. The van der Waals surface area contributed by atoms with Crippen LogP contribution in [0.2, 0.25) is 0 Å². The standard InChI is InChI=1S/C22H37N9O7/c23-8-2-1-3-15(22(37)38)30-21(36)16(9-12-10-27-11-28-12)31-20(35)14(5-7-18(26)33)29-19(34)13(24)4-6-17(25)32/h10-11,13-16H,1-9,23-24H2,(H2,25,32)(H2,26,33)(H,27,28)(H,29,34)(H,30,36)(H,31,35)(H,37,38). The zero-order chi connectivity index (χ0) is 28.7. The van der Waals surface area contributed by atoms with Gasteiger partial charge in [-0.15, -0.1) is 0 Å². The van der Waals surface area contributed by atoms with E-state index in [2.05, 4.69) is 25.9 Å². The van der Waals surface area contributed by atoms with Crippen LogP contribution in [0.4, 0.5) is 0 Å².